The molecule has 56 valence electrons. The molecule has 0 aliphatic rings. The van der Waals surface area contributed by atoms with E-state index in [2.05, 4.69) is 4.98 Å². The molecule has 1 unspecified atom stereocenters. The second-order valence-electron chi connectivity index (χ2n) is 1.71. The summed E-state index contributed by atoms with van der Waals surface area (Å²) in [7, 11) is 0. The molecular weight excluding hydrogens is 164 g/mol. The van der Waals surface area contributed by atoms with E-state index in [0.717, 1.165) is 0 Å². The van der Waals surface area contributed by atoms with Crippen molar-refractivity contribution in [3.63, 3.8) is 0 Å². The van der Waals surface area contributed by atoms with Crippen molar-refractivity contribution in [1.29, 1.82) is 5.26 Å². The van der Waals surface area contributed by atoms with Gasteiger partial charge in [-0.3, -0.25) is 4.21 Å². The van der Waals surface area contributed by atoms with E-state index < -0.39 is 11.1 Å². The zero-order chi connectivity index (χ0) is 8.27. The summed E-state index contributed by atoms with van der Waals surface area (Å²) in [5.41, 5.74) is 0.103. The topological polar surface area (TPSA) is 76.8 Å². The van der Waals surface area contributed by atoms with Crippen molar-refractivity contribution in [2.45, 2.75) is 5.03 Å². The first kappa shape index (κ1) is 7.85. The zero-order valence-electron chi connectivity index (χ0n) is 5.35. The van der Waals surface area contributed by atoms with Crippen LogP contribution in [0, 0.1) is 11.3 Å². The van der Waals surface area contributed by atoms with Gasteiger partial charge in [0.15, 0.2) is 0 Å². The first-order valence-electron chi connectivity index (χ1n) is 2.70. The molecule has 0 aliphatic heterocycles. The highest BCUT2D eigenvalue weighted by atomic mass is 32.2. The molecule has 0 saturated carbocycles. The molecule has 0 aliphatic carbocycles. The van der Waals surface area contributed by atoms with Crippen LogP contribution in [0.15, 0.2) is 23.2 Å². The van der Waals surface area contributed by atoms with Crippen LogP contribution in [0.25, 0.3) is 0 Å². The van der Waals surface area contributed by atoms with E-state index in [1.165, 1.54) is 18.2 Å². The highest BCUT2D eigenvalue weighted by Crippen LogP contribution is 2.00. The fourth-order valence-electron chi connectivity index (χ4n) is 0.570. The average Bonchev–Trinajstić information content (AvgIpc) is 2.05. The van der Waals surface area contributed by atoms with Crippen molar-refractivity contribution in [2.75, 3.05) is 0 Å². The molecule has 4 nitrogen and oxygen atoms in total. The van der Waals surface area contributed by atoms with Crippen LogP contribution in [0.5, 0.6) is 0 Å². The Hall–Kier alpha value is -1.25. The fourth-order valence-corrected chi connectivity index (χ4v) is 0.932. The Morgan fingerprint density at radius 1 is 1.64 bits per heavy atom. The summed E-state index contributed by atoms with van der Waals surface area (Å²) in [5, 5.41) is 8.22. The lowest BCUT2D eigenvalue weighted by molar-refractivity contribution is 0.533. The second-order valence-corrected chi connectivity index (χ2v) is 2.60. The van der Waals surface area contributed by atoms with Crippen LogP contribution < -0.4 is 0 Å². The van der Waals surface area contributed by atoms with Crippen LogP contribution in [-0.4, -0.2) is 13.7 Å². The molecule has 1 rings (SSSR count). The van der Waals surface area contributed by atoms with Crippen molar-refractivity contribution in [1.82, 2.24) is 4.98 Å². The highest BCUT2D eigenvalue weighted by Gasteiger charge is 1.94. The van der Waals surface area contributed by atoms with E-state index in [1.807, 2.05) is 0 Å². The maximum atomic E-state index is 10.3. The number of rotatable bonds is 1. The van der Waals surface area contributed by atoms with E-state index in [4.69, 9.17) is 5.26 Å². The van der Waals surface area contributed by atoms with E-state index >= 15 is 0 Å². The number of hydrogen-bond acceptors (Lipinski definition) is 4. The van der Waals surface area contributed by atoms with Gasteiger partial charge in [-0.1, -0.05) is 6.07 Å². The molecule has 1 aromatic heterocycles. The van der Waals surface area contributed by atoms with Crippen molar-refractivity contribution >= 4 is 11.1 Å². The fraction of sp³-hybridized carbons (Fsp3) is 0. The van der Waals surface area contributed by atoms with Gasteiger partial charge in [-0.05, 0) is 23.2 Å². The van der Waals surface area contributed by atoms with Crippen LogP contribution in [0.4, 0.5) is 0 Å². The van der Waals surface area contributed by atoms with Gasteiger partial charge < -0.3 is 4.55 Å². The van der Waals surface area contributed by atoms with Crippen LogP contribution in [0.2, 0.25) is 0 Å². The quantitative estimate of drug-likeness (QED) is 0.559. The first-order valence-corrected chi connectivity index (χ1v) is 3.78. The Kier molecular flexibility index (Phi) is 2.31. The molecule has 1 heterocycles. The van der Waals surface area contributed by atoms with E-state index in [-0.39, 0.29) is 10.7 Å². The molecule has 1 aromatic rings. The van der Waals surface area contributed by atoms with Crippen molar-refractivity contribution in [3.8, 4) is 6.07 Å². The van der Waals surface area contributed by atoms with Gasteiger partial charge in [0.1, 0.15) is 16.8 Å². The van der Waals surface area contributed by atoms with Crippen molar-refractivity contribution < 1.29 is 8.76 Å². The lowest BCUT2D eigenvalue weighted by Gasteiger charge is -2.01. The molecule has 0 radical (unpaired) electrons. The van der Waals surface area contributed by atoms with Gasteiger partial charge in [-0.15, -0.1) is 0 Å². The molecule has 1 atom stereocenters. The molecule has 0 aromatic carbocycles. The third kappa shape index (κ3) is 1.83. The van der Waals surface area contributed by atoms with Crippen LogP contribution in [0.1, 0.15) is 5.69 Å². The lowest BCUT2D eigenvalue weighted by atomic mass is 10.4. The van der Waals surface area contributed by atoms with E-state index in [0.29, 0.717) is 0 Å². The summed E-state index contributed by atoms with van der Waals surface area (Å²) < 4.78 is 20.6. The van der Waals surface area contributed by atoms with Crippen molar-refractivity contribution in [3.05, 3.63) is 23.9 Å². The normalized spacial score (nSPS) is 12.0. The second kappa shape index (κ2) is 3.23. The first-order chi connectivity index (χ1) is 5.24. The number of nitrogens with zero attached hydrogens (tertiary/aromatic N) is 2. The van der Waals surface area contributed by atoms with Crippen molar-refractivity contribution in [2.24, 2.45) is 0 Å². The predicted molar refractivity (Wildman–Crippen MR) is 36.1 cm³/mol. The standard InChI is InChI=1S/C6H4N2O2S/c7-4-5-2-1-3-6(8-5)11(9)10/h1-3H,(H,9,10)/p-1. The Bertz CT molecular complexity index is 332. The van der Waals surface area contributed by atoms with Crippen LogP contribution in [-0.2, 0) is 11.1 Å². The number of aromatic nitrogens is 1. The minimum absolute atomic E-state index is 0.103. The molecule has 0 fully saturated rings. The van der Waals surface area contributed by atoms with Gasteiger partial charge in [-0.2, -0.15) is 5.26 Å². The minimum Gasteiger partial charge on any atom is -0.767 e. The summed E-state index contributed by atoms with van der Waals surface area (Å²) in [6, 6.07) is 5.97. The Labute approximate surface area is 65.8 Å². The van der Waals surface area contributed by atoms with E-state index in [9.17, 15) is 8.76 Å². The summed E-state index contributed by atoms with van der Waals surface area (Å²) >= 11 is -2.35. The van der Waals surface area contributed by atoms with Crippen LogP contribution in [0.3, 0.4) is 0 Å². The summed E-state index contributed by atoms with van der Waals surface area (Å²) in [5.74, 6) is 0. The molecular formula is C6H3N2O2S-. The SMILES string of the molecule is N#Cc1cccc(S(=O)[O-])n1. The summed E-state index contributed by atoms with van der Waals surface area (Å²) in [6.45, 7) is 0. The maximum Gasteiger partial charge on any atom is 0.141 e. The van der Waals surface area contributed by atoms with Gasteiger partial charge >= 0.3 is 0 Å². The third-order valence-corrected chi connectivity index (χ3v) is 1.58. The zero-order valence-corrected chi connectivity index (χ0v) is 6.17. The molecule has 0 N–H and O–H groups in total. The monoisotopic (exact) mass is 167 g/mol. The maximum absolute atomic E-state index is 10.3. The van der Waals surface area contributed by atoms with Gasteiger partial charge in [-0.25, -0.2) is 4.98 Å². The molecule has 11 heavy (non-hydrogen) atoms. The number of nitriles is 1. The van der Waals surface area contributed by atoms with Gasteiger partial charge in [0, 0.05) is 0 Å². The third-order valence-electron chi connectivity index (χ3n) is 1.01. The smallest absolute Gasteiger partial charge is 0.141 e. The van der Waals surface area contributed by atoms with E-state index in [1.54, 1.807) is 6.07 Å². The van der Waals surface area contributed by atoms with Gasteiger partial charge in [0.2, 0.25) is 0 Å². The number of pyridine rings is 1. The molecule has 0 bridgehead atoms. The average molecular weight is 167 g/mol. The lowest BCUT2D eigenvalue weighted by Crippen LogP contribution is -1.94. The Balaban J connectivity index is 3.13. The highest BCUT2D eigenvalue weighted by molar-refractivity contribution is 7.79. The van der Waals surface area contributed by atoms with Gasteiger partial charge in [0.05, 0.1) is 0 Å². The van der Waals surface area contributed by atoms with Gasteiger partial charge in [0.25, 0.3) is 0 Å². The number of hydrogen-bond donors (Lipinski definition) is 0. The van der Waals surface area contributed by atoms with Crippen LogP contribution >= 0.6 is 0 Å². The largest absolute Gasteiger partial charge is 0.767 e. The predicted octanol–water partition coefficient (Wildman–Crippen LogP) is 0.191. The summed E-state index contributed by atoms with van der Waals surface area (Å²) in [6.07, 6.45) is 0. The molecule has 0 spiro atoms. The molecule has 5 heteroatoms. The molecule has 0 saturated heterocycles. The summed E-state index contributed by atoms with van der Waals surface area (Å²) in [4.78, 5) is 3.52. The minimum atomic E-state index is -2.35. The Morgan fingerprint density at radius 3 is 2.91 bits per heavy atom. The Morgan fingerprint density at radius 2 is 2.36 bits per heavy atom. The molecule has 0 amide bonds.